The molecule has 3 nitrogen and oxygen atoms in total. The van der Waals surface area contributed by atoms with Gasteiger partial charge in [-0.2, -0.15) is 0 Å². The van der Waals surface area contributed by atoms with Gasteiger partial charge in [-0.15, -0.1) is 0 Å². The van der Waals surface area contributed by atoms with E-state index >= 15 is 0 Å². The van der Waals surface area contributed by atoms with E-state index in [0.717, 1.165) is 32.4 Å². The monoisotopic (exact) mass is 254 g/mol. The summed E-state index contributed by atoms with van der Waals surface area (Å²) in [7, 11) is 0. The summed E-state index contributed by atoms with van der Waals surface area (Å²) in [6, 6.07) is 0. The average Bonchev–Trinajstić information content (AvgIpc) is 2.13. The third-order valence-corrected chi connectivity index (χ3v) is 3.64. The Balaban J connectivity index is 2.36. The van der Waals surface area contributed by atoms with Gasteiger partial charge in [0.15, 0.2) is 0 Å². The summed E-state index contributed by atoms with van der Waals surface area (Å²) in [6.07, 6.45) is 3.82. The molecule has 106 valence electrons. The van der Waals surface area contributed by atoms with E-state index in [1.165, 1.54) is 0 Å². The largest absolute Gasteiger partial charge is 0.351 e. The second-order valence-electron chi connectivity index (χ2n) is 7.43. The normalized spacial score (nSPS) is 21.4. The summed E-state index contributed by atoms with van der Waals surface area (Å²) in [5.41, 5.74) is 0.308. The summed E-state index contributed by atoms with van der Waals surface area (Å²) >= 11 is 0. The molecule has 1 amide bonds. The lowest BCUT2D eigenvalue weighted by molar-refractivity contribution is -0.124. The topological polar surface area (TPSA) is 41.1 Å². The predicted molar refractivity (Wildman–Crippen MR) is 76.5 cm³/mol. The molecule has 1 rings (SSSR count). The highest BCUT2D eigenvalue weighted by Gasteiger charge is 2.28. The van der Waals surface area contributed by atoms with Gasteiger partial charge in [0.25, 0.3) is 0 Å². The Morgan fingerprint density at radius 1 is 1.33 bits per heavy atom. The number of carbonyl (C=O) groups is 1. The molecule has 0 spiro atoms. The smallest absolute Gasteiger partial charge is 0.220 e. The third-order valence-electron chi connectivity index (χ3n) is 3.64. The predicted octanol–water partition coefficient (Wildman–Crippen LogP) is 2.71. The van der Waals surface area contributed by atoms with Crippen LogP contribution in [0.3, 0.4) is 0 Å². The molecule has 3 heteroatoms. The molecule has 1 atom stereocenters. The van der Waals surface area contributed by atoms with Gasteiger partial charge in [0.2, 0.25) is 5.91 Å². The van der Waals surface area contributed by atoms with Crippen LogP contribution in [0.1, 0.15) is 60.3 Å². The minimum absolute atomic E-state index is 0.00376. The summed E-state index contributed by atoms with van der Waals surface area (Å²) in [6.45, 7) is 13.1. The van der Waals surface area contributed by atoms with Crippen LogP contribution in [0.2, 0.25) is 0 Å². The van der Waals surface area contributed by atoms with Crippen molar-refractivity contribution in [2.24, 2.45) is 11.3 Å². The van der Waals surface area contributed by atoms with Gasteiger partial charge in [0, 0.05) is 12.0 Å². The molecule has 0 aromatic carbocycles. The van der Waals surface area contributed by atoms with Crippen molar-refractivity contribution in [3.63, 3.8) is 0 Å². The molecule has 1 saturated heterocycles. The summed E-state index contributed by atoms with van der Waals surface area (Å²) < 4.78 is 0. The van der Waals surface area contributed by atoms with Crippen LogP contribution < -0.4 is 10.6 Å². The van der Waals surface area contributed by atoms with Crippen molar-refractivity contribution in [1.29, 1.82) is 0 Å². The average molecular weight is 254 g/mol. The summed E-state index contributed by atoms with van der Waals surface area (Å²) in [5, 5.41) is 6.57. The number of carbonyl (C=O) groups excluding carboxylic acids is 1. The lowest BCUT2D eigenvalue weighted by Crippen LogP contribution is -2.52. The quantitative estimate of drug-likeness (QED) is 0.810. The number of piperidine rings is 1. The van der Waals surface area contributed by atoms with Crippen LogP contribution in [0, 0.1) is 11.3 Å². The number of nitrogens with one attached hydrogen (secondary N) is 2. The number of hydrogen-bond donors (Lipinski definition) is 2. The van der Waals surface area contributed by atoms with E-state index in [4.69, 9.17) is 0 Å². The van der Waals surface area contributed by atoms with E-state index in [0.29, 0.717) is 17.8 Å². The second-order valence-corrected chi connectivity index (χ2v) is 7.43. The standard InChI is InChI=1S/C15H30N2O/c1-12(11-14(2,3)4)10-13(18)17-15(5)6-8-16-9-7-15/h12,16H,6-11H2,1-5H3,(H,17,18). The lowest BCUT2D eigenvalue weighted by atomic mass is 9.83. The zero-order valence-electron chi connectivity index (χ0n) is 12.7. The third kappa shape index (κ3) is 5.85. The number of hydrogen-bond acceptors (Lipinski definition) is 2. The lowest BCUT2D eigenvalue weighted by Gasteiger charge is -2.35. The molecular weight excluding hydrogens is 224 g/mol. The van der Waals surface area contributed by atoms with Gasteiger partial charge >= 0.3 is 0 Å². The molecule has 1 aliphatic heterocycles. The van der Waals surface area contributed by atoms with Gasteiger partial charge in [-0.3, -0.25) is 4.79 Å². The Bertz CT molecular complexity index is 275. The molecule has 18 heavy (non-hydrogen) atoms. The Morgan fingerprint density at radius 2 is 1.89 bits per heavy atom. The van der Waals surface area contributed by atoms with Crippen molar-refractivity contribution in [1.82, 2.24) is 10.6 Å². The Kier molecular flexibility index (Phi) is 5.20. The molecule has 1 fully saturated rings. The van der Waals surface area contributed by atoms with Crippen LogP contribution in [0.25, 0.3) is 0 Å². The molecule has 0 saturated carbocycles. The highest BCUT2D eigenvalue weighted by atomic mass is 16.1. The van der Waals surface area contributed by atoms with E-state index in [-0.39, 0.29) is 11.4 Å². The molecule has 0 aliphatic carbocycles. The van der Waals surface area contributed by atoms with Gasteiger partial charge in [-0.05, 0) is 50.6 Å². The van der Waals surface area contributed by atoms with Crippen molar-refractivity contribution in [2.75, 3.05) is 13.1 Å². The first-order valence-corrected chi connectivity index (χ1v) is 7.22. The second kappa shape index (κ2) is 6.05. The molecule has 0 aromatic rings. The maximum atomic E-state index is 12.1. The minimum atomic E-state index is 0.00376. The van der Waals surface area contributed by atoms with Crippen molar-refractivity contribution in [3.05, 3.63) is 0 Å². The van der Waals surface area contributed by atoms with Gasteiger partial charge in [-0.1, -0.05) is 27.7 Å². The fourth-order valence-corrected chi connectivity index (χ4v) is 2.93. The first kappa shape index (κ1) is 15.5. The SMILES string of the molecule is CC(CC(=O)NC1(C)CCNCC1)CC(C)(C)C. The molecule has 0 aromatic heterocycles. The zero-order valence-corrected chi connectivity index (χ0v) is 12.7. The summed E-state index contributed by atoms with van der Waals surface area (Å²) in [4.78, 5) is 12.1. The van der Waals surface area contributed by atoms with Crippen molar-refractivity contribution < 1.29 is 4.79 Å². The fraction of sp³-hybridized carbons (Fsp3) is 0.933. The summed E-state index contributed by atoms with van der Waals surface area (Å²) in [5.74, 6) is 0.673. The zero-order chi connectivity index (χ0) is 13.8. The molecule has 2 N–H and O–H groups in total. The van der Waals surface area contributed by atoms with Gasteiger partial charge in [-0.25, -0.2) is 0 Å². The van der Waals surface area contributed by atoms with Crippen LogP contribution in [-0.2, 0) is 4.79 Å². The van der Waals surface area contributed by atoms with E-state index in [9.17, 15) is 4.79 Å². The van der Waals surface area contributed by atoms with Crippen molar-refractivity contribution in [3.8, 4) is 0 Å². The van der Waals surface area contributed by atoms with Crippen LogP contribution in [0.5, 0.6) is 0 Å². The first-order valence-electron chi connectivity index (χ1n) is 7.22. The Hall–Kier alpha value is -0.570. The molecule has 0 radical (unpaired) electrons. The first-order chi connectivity index (χ1) is 8.20. The molecule has 1 aliphatic rings. The van der Waals surface area contributed by atoms with Crippen LogP contribution in [-0.4, -0.2) is 24.5 Å². The van der Waals surface area contributed by atoms with E-state index in [1.807, 2.05) is 0 Å². The maximum absolute atomic E-state index is 12.1. The van der Waals surface area contributed by atoms with Gasteiger partial charge in [0.1, 0.15) is 0 Å². The highest BCUT2D eigenvalue weighted by Crippen LogP contribution is 2.26. The number of amides is 1. The maximum Gasteiger partial charge on any atom is 0.220 e. The van der Waals surface area contributed by atoms with Gasteiger partial charge in [0.05, 0.1) is 0 Å². The van der Waals surface area contributed by atoms with Crippen molar-refractivity contribution in [2.45, 2.75) is 65.8 Å². The highest BCUT2D eigenvalue weighted by molar-refractivity contribution is 5.77. The van der Waals surface area contributed by atoms with Crippen molar-refractivity contribution >= 4 is 5.91 Å². The van der Waals surface area contributed by atoms with E-state index in [1.54, 1.807) is 0 Å². The van der Waals surface area contributed by atoms with Gasteiger partial charge < -0.3 is 10.6 Å². The van der Waals surface area contributed by atoms with Crippen LogP contribution >= 0.6 is 0 Å². The van der Waals surface area contributed by atoms with E-state index in [2.05, 4.69) is 45.3 Å². The van der Waals surface area contributed by atoms with Crippen LogP contribution in [0.15, 0.2) is 0 Å². The Morgan fingerprint density at radius 3 is 2.39 bits per heavy atom. The van der Waals surface area contributed by atoms with E-state index < -0.39 is 0 Å². The fourth-order valence-electron chi connectivity index (χ4n) is 2.93. The number of rotatable bonds is 4. The van der Waals surface area contributed by atoms with Crippen LogP contribution in [0.4, 0.5) is 0 Å². The molecule has 0 bridgehead atoms. The molecule has 1 unspecified atom stereocenters. The molecule has 1 heterocycles. The minimum Gasteiger partial charge on any atom is -0.351 e. The molecular formula is C15H30N2O. The Labute approximate surface area is 112 Å².